The van der Waals surface area contributed by atoms with E-state index in [1.54, 1.807) is 0 Å². The van der Waals surface area contributed by atoms with Crippen molar-refractivity contribution in [3.8, 4) is 0 Å². The number of hydrogen-bond acceptors (Lipinski definition) is 2. The minimum atomic E-state index is -0.899. The number of aliphatic carboxylic acids is 1. The molecule has 4 nitrogen and oxygen atoms in total. The third-order valence-corrected chi connectivity index (χ3v) is 5.35. The molecule has 2 N–H and O–H groups in total. The number of rotatable bonds is 3. The van der Waals surface area contributed by atoms with Gasteiger partial charge in [0, 0.05) is 5.69 Å². The van der Waals surface area contributed by atoms with Crippen molar-refractivity contribution in [1.29, 1.82) is 0 Å². The topological polar surface area (TPSA) is 66.4 Å². The van der Waals surface area contributed by atoms with Crippen LogP contribution >= 0.6 is 0 Å². The number of carboxylic acids is 1. The Morgan fingerprint density at radius 1 is 1.05 bits per heavy atom. The van der Waals surface area contributed by atoms with Crippen LogP contribution in [0.25, 0.3) is 0 Å². The zero-order chi connectivity index (χ0) is 15.4. The molecule has 2 saturated carbocycles. The number of nitrogens with one attached hydrogen (secondary N) is 1. The Labute approximate surface area is 127 Å². The summed E-state index contributed by atoms with van der Waals surface area (Å²) in [4.78, 5) is 24.3. The van der Waals surface area contributed by atoms with Crippen LogP contribution in [0.2, 0.25) is 0 Å². The van der Waals surface area contributed by atoms with Crippen molar-refractivity contribution in [3.05, 3.63) is 42.2 Å². The Bertz CT molecular complexity index is 669. The third kappa shape index (κ3) is 1.95. The van der Waals surface area contributed by atoms with Crippen molar-refractivity contribution in [2.75, 3.05) is 5.32 Å². The Kier molecular flexibility index (Phi) is 2.86. The van der Waals surface area contributed by atoms with Gasteiger partial charge in [-0.1, -0.05) is 12.2 Å². The lowest BCUT2D eigenvalue weighted by Gasteiger charge is -2.41. The first-order valence-corrected chi connectivity index (χ1v) is 7.54. The summed E-state index contributed by atoms with van der Waals surface area (Å²) < 4.78 is 12.9. The van der Waals surface area contributed by atoms with Crippen molar-refractivity contribution in [3.63, 3.8) is 0 Å². The third-order valence-electron chi connectivity index (χ3n) is 5.35. The van der Waals surface area contributed by atoms with Gasteiger partial charge in [0.05, 0.1) is 11.8 Å². The molecule has 1 amide bonds. The van der Waals surface area contributed by atoms with Gasteiger partial charge in [-0.3, -0.25) is 9.59 Å². The first kappa shape index (κ1) is 13.5. The number of carboxylic acid groups (broad SMARTS) is 1. The van der Waals surface area contributed by atoms with Gasteiger partial charge in [0.2, 0.25) is 5.91 Å². The molecule has 0 unspecified atom stereocenters. The molecule has 22 heavy (non-hydrogen) atoms. The van der Waals surface area contributed by atoms with Gasteiger partial charge in [-0.05, 0) is 54.4 Å². The van der Waals surface area contributed by atoms with E-state index in [0.29, 0.717) is 17.5 Å². The van der Waals surface area contributed by atoms with Crippen LogP contribution in [-0.2, 0) is 9.59 Å². The summed E-state index contributed by atoms with van der Waals surface area (Å²) >= 11 is 0. The van der Waals surface area contributed by atoms with Gasteiger partial charge in [0.25, 0.3) is 0 Å². The molecule has 2 bridgehead atoms. The highest BCUT2D eigenvalue weighted by Gasteiger charge is 2.62. The van der Waals surface area contributed by atoms with E-state index in [1.165, 1.54) is 24.3 Å². The van der Waals surface area contributed by atoms with Gasteiger partial charge in [0.1, 0.15) is 5.82 Å². The summed E-state index contributed by atoms with van der Waals surface area (Å²) in [5.41, 5.74) is 0.494. The van der Waals surface area contributed by atoms with Crippen LogP contribution in [0.3, 0.4) is 0 Å². The predicted molar refractivity (Wildman–Crippen MR) is 77.4 cm³/mol. The zero-order valence-electron chi connectivity index (χ0n) is 11.8. The van der Waals surface area contributed by atoms with Gasteiger partial charge in [-0.2, -0.15) is 0 Å². The van der Waals surface area contributed by atoms with Gasteiger partial charge in [-0.15, -0.1) is 0 Å². The second-order valence-electron chi connectivity index (χ2n) is 6.49. The molecule has 4 aliphatic carbocycles. The highest BCUT2D eigenvalue weighted by atomic mass is 19.1. The monoisotopic (exact) mass is 301 g/mol. The fraction of sp³-hybridized carbons (Fsp3) is 0.412. The molecule has 1 aromatic rings. The fourth-order valence-electron chi connectivity index (χ4n) is 4.33. The van der Waals surface area contributed by atoms with E-state index in [0.717, 1.165) is 6.42 Å². The first-order chi connectivity index (χ1) is 10.6. The second kappa shape index (κ2) is 4.66. The molecule has 5 rings (SSSR count). The van der Waals surface area contributed by atoms with Gasteiger partial charge < -0.3 is 10.4 Å². The maximum absolute atomic E-state index is 12.9. The van der Waals surface area contributed by atoms with E-state index in [1.807, 2.05) is 12.2 Å². The number of carbonyl (C=O) groups is 2. The molecule has 6 atom stereocenters. The lowest BCUT2D eigenvalue weighted by Crippen LogP contribution is -2.48. The maximum atomic E-state index is 12.9. The van der Waals surface area contributed by atoms with Crippen LogP contribution in [0.15, 0.2) is 36.4 Å². The predicted octanol–water partition coefficient (Wildman–Crippen LogP) is 2.53. The SMILES string of the molecule is O=C(O)[C@@H]1[C@H]2C=C[C@@H]([C@@H]3C[C@H]23)[C@@H]1C(=O)Nc1ccc(F)cc1. The number of hydrogen-bond donors (Lipinski definition) is 2. The Morgan fingerprint density at radius 3 is 2.23 bits per heavy atom. The minimum Gasteiger partial charge on any atom is -0.481 e. The smallest absolute Gasteiger partial charge is 0.307 e. The van der Waals surface area contributed by atoms with Gasteiger partial charge in [0.15, 0.2) is 0 Å². The molecular weight excluding hydrogens is 285 g/mol. The Hall–Kier alpha value is -2.17. The minimum absolute atomic E-state index is 0.0107. The quantitative estimate of drug-likeness (QED) is 0.843. The number of carbonyl (C=O) groups excluding carboxylic acids is 1. The van der Waals surface area contributed by atoms with E-state index < -0.39 is 17.8 Å². The summed E-state index contributed by atoms with van der Waals surface area (Å²) in [5.74, 6) is -1.87. The van der Waals surface area contributed by atoms with Crippen LogP contribution in [0.5, 0.6) is 0 Å². The number of amides is 1. The normalized spacial score (nSPS) is 37.5. The number of benzene rings is 1. The molecule has 114 valence electrons. The fourth-order valence-corrected chi connectivity index (χ4v) is 4.33. The van der Waals surface area contributed by atoms with E-state index in [-0.39, 0.29) is 23.6 Å². The highest BCUT2D eigenvalue weighted by Crippen LogP contribution is 2.63. The van der Waals surface area contributed by atoms with Crippen LogP contribution < -0.4 is 5.32 Å². The number of fused-ring (bicyclic) bond motifs is 1. The Morgan fingerprint density at radius 2 is 1.64 bits per heavy atom. The van der Waals surface area contributed by atoms with Crippen LogP contribution in [-0.4, -0.2) is 17.0 Å². The van der Waals surface area contributed by atoms with Gasteiger partial charge in [-0.25, -0.2) is 4.39 Å². The molecule has 0 saturated heterocycles. The molecule has 0 aromatic heterocycles. The first-order valence-electron chi connectivity index (χ1n) is 7.54. The maximum Gasteiger partial charge on any atom is 0.307 e. The van der Waals surface area contributed by atoms with E-state index in [4.69, 9.17) is 0 Å². The molecule has 0 aliphatic heterocycles. The van der Waals surface area contributed by atoms with Crippen LogP contribution in [0, 0.1) is 41.3 Å². The summed E-state index contributed by atoms with van der Waals surface area (Å²) in [7, 11) is 0. The highest BCUT2D eigenvalue weighted by molar-refractivity contribution is 5.96. The average Bonchev–Trinajstić information content (AvgIpc) is 3.30. The van der Waals surface area contributed by atoms with Gasteiger partial charge >= 0.3 is 5.97 Å². The summed E-state index contributed by atoms with van der Waals surface area (Å²) in [5, 5.41) is 12.3. The number of halogens is 1. The van der Waals surface area contributed by atoms with Crippen molar-refractivity contribution in [2.45, 2.75) is 6.42 Å². The van der Waals surface area contributed by atoms with E-state index in [2.05, 4.69) is 5.32 Å². The lowest BCUT2D eigenvalue weighted by atomic mass is 9.62. The summed E-state index contributed by atoms with van der Waals surface area (Å²) in [6, 6.07) is 5.52. The zero-order valence-corrected chi connectivity index (χ0v) is 11.8. The number of allylic oxidation sites excluding steroid dienone is 2. The summed E-state index contributed by atoms with van der Waals surface area (Å²) in [6.45, 7) is 0. The largest absolute Gasteiger partial charge is 0.481 e. The molecule has 0 heterocycles. The molecule has 5 heteroatoms. The molecule has 0 radical (unpaired) electrons. The van der Waals surface area contributed by atoms with E-state index in [9.17, 15) is 19.1 Å². The number of anilines is 1. The van der Waals surface area contributed by atoms with Crippen LogP contribution in [0.1, 0.15) is 6.42 Å². The lowest BCUT2D eigenvalue weighted by molar-refractivity contribution is -0.152. The average molecular weight is 301 g/mol. The molecule has 1 aromatic carbocycles. The molecule has 2 fully saturated rings. The Balaban J connectivity index is 1.60. The van der Waals surface area contributed by atoms with E-state index >= 15 is 0 Å². The molecular formula is C17H16FNO3. The van der Waals surface area contributed by atoms with Crippen molar-refractivity contribution >= 4 is 17.6 Å². The standard InChI is InChI=1S/C17H16FNO3/c18-8-1-3-9(4-2-8)19-16(20)14-10-5-6-11(13-7-12(10)13)15(14)17(21)22/h1-6,10-15H,7H2,(H,19,20)(H,21,22)/t10-,11-,12-,13+,14-,15+/m0/s1. The second-order valence-corrected chi connectivity index (χ2v) is 6.49. The molecule has 4 aliphatic rings. The molecule has 0 spiro atoms. The van der Waals surface area contributed by atoms with Crippen molar-refractivity contribution in [2.24, 2.45) is 35.5 Å². The van der Waals surface area contributed by atoms with Crippen molar-refractivity contribution < 1.29 is 19.1 Å². The summed E-state index contributed by atoms with van der Waals surface area (Å²) in [6.07, 6.45) is 5.03. The van der Waals surface area contributed by atoms with Crippen molar-refractivity contribution in [1.82, 2.24) is 0 Å². The van der Waals surface area contributed by atoms with Crippen LogP contribution in [0.4, 0.5) is 10.1 Å².